The average molecular weight is 497 g/mol. The number of fused-ring (bicyclic) bond motifs is 1. The van der Waals surface area contributed by atoms with Gasteiger partial charge in [0.25, 0.3) is 0 Å². The molecule has 5 rings (SSSR count). The molecule has 0 unspecified atom stereocenters. The molecule has 3 atom stereocenters. The van der Waals surface area contributed by atoms with Crippen LogP contribution >= 0.6 is 0 Å². The molecule has 36 heavy (non-hydrogen) atoms. The van der Waals surface area contributed by atoms with Crippen molar-refractivity contribution in [1.29, 1.82) is 0 Å². The van der Waals surface area contributed by atoms with Crippen LogP contribution in [0.4, 0.5) is 10.2 Å². The number of amides is 1. The SMILES string of the molecule is Cc1ccc([C@H](CN2CCN(C)CC2)C(=O)N2CCN(c3ncnc4c3[C@H](C)C[C@H]4O)CC2)cc1F. The number of hydrogen-bond acceptors (Lipinski definition) is 7. The van der Waals surface area contributed by atoms with Crippen molar-refractivity contribution in [2.24, 2.45) is 0 Å². The highest BCUT2D eigenvalue weighted by Crippen LogP contribution is 2.42. The van der Waals surface area contributed by atoms with E-state index >= 15 is 0 Å². The third-order valence-electron chi connectivity index (χ3n) is 8.10. The van der Waals surface area contributed by atoms with Crippen LogP contribution in [-0.4, -0.2) is 102 Å². The van der Waals surface area contributed by atoms with Gasteiger partial charge in [0.15, 0.2) is 0 Å². The fourth-order valence-corrected chi connectivity index (χ4v) is 5.75. The largest absolute Gasteiger partial charge is 0.387 e. The molecule has 8 nitrogen and oxygen atoms in total. The van der Waals surface area contributed by atoms with E-state index in [1.807, 2.05) is 11.0 Å². The lowest BCUT2D eigenvalue weighted by atomic mass is 9.94. The number of aromatic nitrogens is 2. The molecule has 1 aromatic heterocycles. The van der Waals surface area contributed by atoms with Gasteiger partial charge in [0.2, 0.25) is 5.91 Å². The normalized spacial score (nSPS) is 24.1. The summed E-state index contributed by atoms with van der Waals surface area (Å²) >= 11 is 0. The average Bonchev–Trinajstić information content (AvgIpc) is 3.18. The first-order valence-electron chi connectivity index (χ1n) is 13.1. The molecule has 0 spiro atoms. The molecule has 2 aliphatic heterocycles. The molecule has 1 aliphatic carbocycles. The van der Waals surface area contributed by atoms with Crippen LogP contribution in [0.15, 0.2) is 24.5 Å². The number of benzene rings is 1. The topological polar surface area (TPSA) is 76.0 Å². The number of piperazine rings is 2. The van der Waals surface area contributed by atoms with Gasteiger partial charge in [-0.2, -0.15) is 0 Å². The molecule has 2 aromatic rings. The molecule has 1 amide bonds. The second kappa shape index (κ2) is 10.4. The zero-order valence-electron chi connectivity index (χ0n) is 21.5. The first-order chi connectivity index (χ1) is 17.3. The molecule has 0 bridgehead atoms. The number of carbonyl (C=O) groups is 1. The van der Waals surface area contributed by atoms with E-state index in [1.165, 1.54) is 6.33 Å². The molecular weight excluding hydrogens is 459 g/mol. The minimum atomic E-state index is -0.537. The summed E-state index contributed by atoms with van der Waals surface area (Å²) in [5, 5.41) is 10.3. The van der Waals surface area contributed by atoms with Crippen LogP contribution in [0.3, 0.4) is 0 Å². The van der Waals surface area contributed by atoms with Crippen LogP contribution < -0.4 is 4.90 Å². The Morgan fingerprint density at radius 3 is 2.53 bits per heavy atom. The summed E-state index contributed by atoms with van der Waals surface area (Å²) in [5.41, 5.74) is 3.11. The second-order valence-corrected chi connectivity index (χ2v) is 10.6. The van der Waals surface area contributed by atoms with Gasteiger partial charge in [-0.3, -0.25) is 9.69 Å². The number of aliphatic hydroxyl groups is 1. The zero-order valence-corrected chi connectivity index (χ0v) is 21.5. The monoisotopic (exact) mass is 496 g/mol. The Kier molecular flexibility index (Phi) is 7.23. The quantitative estimate of drug-likeness (QED) is 0.680. The third-order valence-corrected chi connectivity index (χ3v) is 8.10. The van der Waals surface area contributed by atoms with Gasteiger partial charge >= 0.3 is 0 Å². The molecule has 194 valence electrons. The van der Waals surface area contributed by atoms with Crippen molar-refractivity contribution < 1.29 is 14.3 Å². The Balaban J connectivity index is 1.31. The Bertz CT molecular complexity index is 1100. The molecule has 0 saturated carbocycles. The van der Waals surface area contributed by atoms with Gasteiger partial charge in [-0.25, -0.2) is 14.4 Å². The van der Waals surface area contributed by atoms with Crippen molar-refractivity contribution >= 4 is 11.7 Å². The van der Waals surface area contributed by atoms with E-state index in [9.17, 15) is 14.3 Å². The Morgan fingerprint density at radius 2 is 1.83 bits per heavy atom. The van der Waals surface area contributed by atoms with Crippen molar-refractivity contribution in [3.05, 3.63) is 52.7 Å². The van der Waals surface area contributed by atoms with E-state index in [1.54, 1.807) is 19.1 Å². The molecular formula is C27H37FN6O2. The van der Waals surface area contributed by atoms with Gasteiger partial charge in [0, 0.05) is 64.5 Å². The molecule has 2 fully saturated rings. The molecule has 9 heteroatoms. The molecule has 3 aliphatic rings. The van der Waals surface area contributed by atoms with Gasteiger partial charge in [-0.05, 0) is 43.5 Å². The van der Waals surface area contributed by atoms with Gasteiger partial charge in [0.1, 0.15) is 18.0 Å². The van der Waals surface area contributed by atoms with Crippen molar-refractivity contribution in [1.82, 2.24) is 24.7 Å². The number of halogens is 1. The van der Waals surface area contributed by atoms with Gasteiger partial charge in [-0.15, -0.1) is 0 Å². The van der Waals surface area contributed by atoms with E-state index in [0.717, 1.165) is 48.8 Å². The highest BCUT2D eigenvalue weighted by Gasteiger charge is 2.35. The number of aliphatic hydroxyl groups excluding tert-OH is 1. The number of aryl methyl sites for hydroxylation is 1. The predicted molar refractivity (Wildman–Crippen MR) is 137 cm³/mol. The lowest BCUT2D eigenvalue weighted by Gasteiger charge is -2.39. The molecule has 2 saturated heterocycles. The first kappa shape index (κ1) is 25.0. The summed E-state index contributed by atoms with van der Waals surface area (Å²) in [7, 11) is 2.11. The minimum Gasteiger partial charge on any atom is -0.387 e. The molecule has 0 radical (unpaired) electrons. The summed E-state index contributed by atoms with van der Waals surface area (Å²) in [4.78, 5) is 31.5. The summed E-state index contributed by atoms with van der Waals surface area (Å²) < 4.78 is 14.5. The summed E-state index contributed by atoms with van der Waals surface area (Å²) in [5.74, 6) is 0.491. The van der Waals surface area contributed by atoms with E-state index in [-0.39, 0.29) is 17.6 Å². The standard InChI is InChI=1S/C27H37FN6O2/c1-18-4-5-20(15-22(18)28)21(16-32-8-6-31(3)7-9-32)27(36)34-12-10-33(11-13-34)26-24-19(2)14-23(35)25(24)29-17-30-26/h4-5,15,17,19,21,23,35H,6-14,16H2,1-3H3/t19-,21+,23-/m1/s1. The van der Waals surface area contributed by atoms with Crippen LogP contribution in [-0.2, 0) is 4.79 Å². The Hall–Kier alpha value is -2.62. The van der Waals surface area contributed by atoms with Crippen LogP contribution in [0.5, 0.6) is 0 Å². The molecule has 1 N–H and O–H groups in total. The highest BCUT2D eigenvalue weighted by molar-refractivity contribution is 5.84. The van der Waals surface area contributed by atoms with Crippen molar-refractivity contribution in [3.8, 4) is 0 Å². The number of anilines is 1. The summed E-state index contributed by atoms with van der Waals surface area (Å²) in [6, 6.07) is 5.23. The third kappa shape index (κ3) is 4.96. The van der Waals surface area contributed by atoms with E-state index in [2.05, 4.69) is 38.6 Å². The minimum absolute atomic E-state index is 0.0635. The smallest absolute Gasteiger partial charge is 0.231 e. The summed E-state index contributed by atoms with van der Waals surface area (Å²) in [6.07, 6.45) is 1.66. The highest BCUT2D eigenvalue weighted by atomic mass is 19.1. The number of likely N-dealkylation sites (N-methyl/N-ethyl adjacent to an activating group) is 1. The van der Waals surface area contributed by atoms with Gasteiger partial charge in [-0.1, -0.05) is 19.1 Å². The van der Waals surface area contributed by atoms with E-state index in [4.69, 9.17) is 0 Å². The second-order valence-electron chi connectivity index (χ2n) is 10.6. The van der Waals surface area contributed by atoms with Gasteiger partial charge in [0.05, 0.1) is 17.7 Å². The Morgan fingerprint density at radius 1 is 1.11 bits per heavy atom. The van der Waals surface area contributed by atoms with Crippen LogP contribution in [0.25, 0.3) is 0 Å². The first-order valence-corrected chi connectivity index (χ1v) is 13.1. The lowest BCUT2D eigenvalue weighted by Crippen LogP contribution is -2.52. The fraction of sp³-hybridized carbons (Fsp3) is 0.593. The Labute approximate surface area is 212 Å². The lowest BCUT2D eigenvalue weighted by molar-refractivity contribution is -0.133. The fourth-order valence-electron chi connectivity index (χ4n) is 5.75. The number of nitrogens with zero attached hydrogens (tertiary/aromatic N) is 6. The molecule has 1 aromatic carbocycles. The number of carbonyl (C=O) groups excluding carboxylic acids is 1. The van der Waals surface area contributed by atoms with E-state index < -0.39 is 12.0 Å². The number of hydrogen-bond donors (Lipinski definition) is 1. The van der Waals surface area contributed by atoms with Crippen molar-refractivity contribution in [2.45, 2.75) is 38.2 Å². The summed E-state index contributed by atoms with van der Waals surface area (Å²) in [6.45, 7) is 10.7. The van der Waals surface area contributed by atoms with Crippen LogP contribution in [0.1, 0.15) is 53.7 Å². The predicted octanol–water partition coefficient (Wildman–Crippen LogP) is 2.14. The van der Waals surface area contributed by atoms with Crippen LogP contribution in [0, 0.1) is 12.7 Å². The van der Waals surface area contributed by atoms with Gasteiger partial charge < -0.3 is 19.8 Å². The number of rotatable bonds is 5. The molecule has 3 heterocycles. The van der Waals surface area contributed by atoms with Crippen molar-refractivity contribution in [3.63, 3.8) is 0 Å². The van der Waals surface area contributed by atoms with Crippen molar-refractivity contribution in [2.75, 3.05) is 70.9 Å². The maximum atomic E-state index is 14.5. The van der Waals surface area contributed by atoms with Crippen LogP contribution in [0.2, 0.25) is 0 Å². The zero-order chi connectivity index (χ0) is 25.4. The maximum Gasteiger partial charge on any atom is 0.231 e. The van der Waals surface area contributed by atoms with E-state index in [0.29, 0.717) is 44.7 Å². The maximum absolute atomic E-state index is 14.5.